The molecule has 2 saturated heterocycles. The van der Waals surface area contributed by atoms with Gasteiger partial charge < -0.3 is 19.5 Å². The molecule has 232 valence electrons. The molecule has 2 fully saturated rings. The molecule has 6 rings (SSSR count). The van der Waals surface area contributed by atoms with E-state index in [0.717, 1.165) is 43.5 Å². The second-order valence-corrected chi connectivity index (χ2v) is 12.1. The van der Waals surface area contributed by atoms with Gasteiger partial charge in [-0.1, -0.05) is 31.2 Å². The van der Waals surface area contributed by atoms with E-state index in [0.29, 0.717) is 60.2 Å². The van der Waals surface area contributed by atoms with Crippen molar-refractivity contribution in [3.05, 3.63) is 88.7 Å². The lowest BCUT2D eigenvalue weighted by Gasteiger charge is -2.26. The maximum absolute atomic E-state index is 13.6. The predicted molar refractivity (Wildman–Crippen MR) is 172 cm³/mol. The summed E-state index contributed by atoms with van der Waals surface area (Å²) in [5.41, 5.74) is 4.65. The Balaban J connectivity index is 1.17. The van der Waals surface area contributed by atoms with Crippen molar-refractivity contribution in [3.63, 3.8) is 0 Å². The largest absolute Gasteiger partial charge is 0.434 e. The van der Waals surface area contributed by atoms with Crippen LogP contribution in [0.5, 0.6) is 11.6 Å². The highest BCUT2D eigenvalue weighted by Crippen LogP contribution is 2.39. The molecule has 4 aromatic rings. The number of allylic oxidation sites excluding steroid dienone is 1. The summed E-state index contributed by atoms with van der Waals surface area (Å²) in [6.07, 6.45) is 5.25. The van der Waals surface area contributed by atoms with Crippen molar-refractivity contribution in [2.24, 2.45) is 5.92 Å². The van der Waals surface area contributed by atoms with Gasteiger partial charge in [-0.15, -0.1) is 0 Å². The number of ether oxygens (including phenoxy) is 1. The van der Waals surface area contributed by atoms with Gasteiger partial charge in [-0.2, -0.15) is 5.26 Å². The fraction of sp³-hybridized carbons (Fsp3) is 0.353. The van der Waals surface area contributed by atoms with Crippen LogP contribution in [0.25, 0.3) is 10.9 Å². The van der Waals surface area contributed by atoms with Crippen LogP contribution in [0, 0.1) is 30.0 Å². The quantitative estimate of drug-likeness (QED) is 0.219. The van der Waals surface area contributed by atoms with Crippen molar-refractivity contribution in [2.45, 2.75) is 52.2 Å². The zero-order valence-corrected chi connectivity index (χ0v) is 26.1. The Hall–Kier alpha value is -4.46. The highest BCUT2D eigenvalue weighted by atomic mass is 35.5. The number of hydrogen-bond donors (Lipinski definition) is 1. The van der Waals surface area contributed by atoms with Crippen molar-refractivity contribution in [2.75, 3.05) is 24.5 Å². The Kier molecular flexibility index (Phi) is 8.74. The number of anilines is 1. The van der Waals surface area contributed by atoms with Gasteiger partial charge in [0.05, 0.1) is 5.02 Å². The summed E-state index contributed by atoms with van der Waals surface area (Å²) in [5, 5.41) is 13.9. The third-order valence-corrected chi connectivity index (χ3v) is 9.23. The lowest BCUT2D eigenvalue weighted by molar-refractivity contribution is -0.120. The fourth-order valence-corrected chi connectivity index (χ4v) is 6.73. The minimum Gasteiger partial charge on any atom is -0.434 e. The third kappa shape index (κ3) is 6.23. The number of halogens is 2. The average molecular weight is 628 g/mol. The third-order valence-electron chi connectivity index (χ3n) is 8.94. The molecule has 0 bridgehead atoms. The molecule has 45 heavy (non-hydrogen) atoms. The Labute approximate surface area is 266 Å². The van der Waals surface area contributed by atoms with Gasteiger partial charge >= 0.3 is 0 Å². The van der Waals surface area contributed by atoms with Crippen LogP contribution >= 0.6 is 11.6 Å². The normalized spacial score (nSPS) is 17.8. The molecule has 9 nitrogen and oxygen atoms in total. The number of likely N-dealkylation sites (tertiary alicyclic amines) is 1. The maximum Gasteiger partial charge on any atom is 0.263 e. The highest BCUT2D eigenvalue weighted by molar-refractivity contribution is 6.32. The second kappa shape index (κ2) is 12.9. The summed E-state index contributed by atoms with van der Waals surface area (Å²) in [4.78, 5) is 25.5. The van der Waals surface area contributed by atoms with Crippen molar-refractivity contribution in [3.8, 4) is 17.7 Å². The number of nitrogens with one attached hydrogen (secondary N) is 1. The van der Waals surface area contributed by atoms with Crippen molar-refractivity contribution in [1.82, 2.24) is 24.8 Å². The first-order valence-corrected chi connectivity index (χ1v) is 15.6. The Morgan fingerprint density at radius 3 is 2.82 bits per heavy atom. The van der Waals surface area contributed by atoms with Crippen LogP contribution in [0.1, 0.15) is 43.0 Å². The first-order chi connectivity index (χ1) is 21.7. The standard InChI is InChI=1S/C34H35ClFN7O2/c1-4-32(44)40-21(2)9-14-43-26(17-37)16-27-22(3)23(5-7-29(27)43)18-41-13-10-24-19-42(20-30(24)41)33-34(39-12-11-38-33)45-31-8-6-25(36)15-28(31)35/h5-8,11-12,15-16,24,30H,2,4,9-10,13-14,18-20H2,1,3H3,(H,40,44). The van der Waals surface area contributed by atoms with E-state index in [1.807, 2.05) is 10.6 Å². The van der Waals surface area contributed by atoms with E-state index in [1.165, 1.54) is 29.3 Å². The van der Waals surface area contributed by atoms with Crippen LogP contribution in [0.2, 0.25) is 5.02 Å². The van der Waals surface area contributed by atoms with Crippen LogP contribution in [0.4, 0.5) is 10.2 Å². The van der Waals surface area contributed by atoms with E-state index in [2.05, 4.69) is 56.8 Å². The van der Waals surface area contributed by atoms with Gasteiger partial charge in [-0.05, 0) is 67.3 Å². The van der Waals surface area contributed by atoms with Gasteiger partial charge in [0.25, 0.3) is 5.88 Å². The maximum atomic E-state index is 13.6. The highest BCUT2D eigenvalue weighted by Gasteiger charge is 2.42. The molecule has 11 heteroatoms. The molecule has 2 aromatic carbocycles. The Bertz CT molecular complexity index is 1820. The van der Waals surface area contributed by atoms with Gasteiger partial charge in [0.2, 0.25) is 5.91 Å². The number of aryl methyl sites for hydroxylation is 2. The molecular formula is C34H35ClFN7O2. The first-order valence-electron chi connectivity index (χ1n) is 15.2. The number of nitriles is 1. The van der Waals surface area contributed by atoms with Crippen LogP contribution < -0.4 is 15.0 Å². The predicted octanol–water partition coefficient (Wildman–Crippen LogP) is 6.34. The summed E-state index contributed by atoms with van der Waals surface area (Å²) in [6, 6.07) is 12.9. The van der Waals surface area contributed by atoms with Crippen LogP contribution in [-0.2, 0) is 17.9 Å². The van der Waals surface area contributed by atoms with Crippen molar-refractivity contribution in [1.29, 1.82) is 5.26 Å². The zero-order valence-electron chi connectivity index (χ0n) is 25.4. The van der Waals surface area contributed by atoms with Gasteiger partial charge in [0.15, 0.2) is 5.82 Å². The summed E-state index contributed by atoms with van der Waals surface area (Å²) < 4.78 is 21.6. The summed E-state index contributed by atoms with van der Waals surface area (Å²) >= 11 is 6.21. The minimum absolute atomic E-state index is 0.0618. The minimum atomic E-state index is -0.433. The zero-order chi connectivity index (χ0) is 31.7. The molecule has 1 amide bonds. The van der Waals surface area contributed by atoms with Crippen molar-refractivity contribution >= 4 is 34.2 Å². The number of fused-ring (bicyclic) bond motifs is 2. The molecule has 2 aliphatic rings. The lowest BCUT2D eigenvalue weighted by Crippen LogP contribution is -2.35. The number of rotatable bonds is 10. The molecule has 0 spiro atoms. The Morgan fingerprint density at radius 1 is 1.22 bits per heavy atom. The van der Waals surface area contributed by atoms with Crippen LogP contribution in [0.3, 0.4) is 0 Å². The molecule has 0 radical (unpaired) electrons. The van der Waals surface area contributed by atoms with Crippen LogP contribution in [0.15, 0.2) is 61.1 Å². The van der Waals surface area contributed by atoms with Crippen LogP contribution in [-0.4, -0.2) is 51.0 Å². The molecule has 2 atom stereocenters. The average Bonchev–Trinajstić information content (AvgIpc) is 3.72. The second-order valence-electron chi connectivity index (χ2n) is 11.7. The monoisotopic (exact) mass is 627 g/mol. The number of nitrogens with zero attached hydrogens (tertiary/aromatic N) is 6. The van der Waals surface area contributed by atoms with Gasteiger partial charge in [-0.25, -0.2) is 14.4 Å². The van der Waals surface area contributed by atoms with Crippen molar-refractivity contribution < 1.29 is 13.9 Å². The molecule has 2 aliphatic heterocycles. The topological polar surface area (TPSA) is 99.3 Å². The van der Waals surface area contributed by atoms with E-state index < -0.39 is 5.82 Å². The number of hydrogen-bond acceptors (Lipinski definition) is 7. The molecule has 2 unspecified atom stereocenters. The number of aromatic nitrogens is 3. The summed E-state index contributed by atoms with van der Waals surface area (Å²) in [6.45, 7) is 11.9. The molecule has 1 N–H and O–H groups in total. The number of amides is 1. The van der Waals surface area contributed by atoms with Gasteiger partial charge in [0.1, 0.15) is 23.3 Å². The van der Waals surface area contributed by atoms with Gasteiger partial charge in [0, 0.05) is 74.1 Å². The number of benzene rings is 2. The molecule has 4 heterocycles. The summed E-state index contributed by atoms with van der Waals surface area (Å²) in [5.74, 6) is 1.30. The SMILES string of the molecule is C=C(CCn1c(C#N)cc2c(C)c(CN3CCC4CN(c5nccnc5Oc5ccc(F)cc5Cl)CC43)ccc21)NC(=O)CC. The fourth-order valence-electron chi connectivity index (χ4n) is 6.53. The molecular weight excluding hydrogens is 593 g/mol. The molecule has 0 saturated carbocycles. The first kappa shape index (κ1) is 30.6. The lowest BCUT2D eigenvalue weighted by atomic mass is 10.0. The summed E-state index contributed by atoms with van der Waals surface area (Å²) in [7, 11) is 0. The van der Waals surface area contributed by atoms with E-state index in [-0.39, 0.29) is 10.9 Å². The Morgan fingerprint density at radius 2 is 2.04 bits per heavy atom. The molecule has 2 aromatic heterocycles. The van der Waals surface area contributed by atoms with E-state index >= 15 is 0 Å². The van der Waals surface area contributed by atoms with E-state index in [1.54, 1.807) is 19.3 Å². The smallest absolute Gasteiger partial charge is 0.263 e. The number of carbonyl (C=O) groups excluding carboxylic acids is 1. The number of carbonyl (C=O) groups is 1. The van der Waals surface area contributed by atoms with Gasteiger partial charge in [-0.3, -0.25) is 9.69 Å². The van der Waals surface area contributed by atoms with E-state index in [4.69, 9.17) is 16.3 Å². The molecule has 0 aliphatic carbocycles. The van der Waals surface area contributed by atoms with E-state index in [9.17, 15) is 14.4 Å².